The fourth-order valence-electron chi connectivity index (χ4n) is 5.12. The predicted molar refractivity (Wildman–Crippen MR) is 120 cm³/mol. The second-order valence-electron chi connectivity index (χ2n) is 8.59. The van der Waals surface area contributed by atoms with E-state index in [1.54, 1.807) is 12.3 Å². The Morgan fingerprint density at radius 1 is 1.10 bits per heavy atom. The number of rotatable bonds is 3. The summed E-state index contributed by atoms with van der Waals surface area (Å²) in [6.45, 7) is 4.14. The molecule has 0 saturated heterocycles. The molecule has 2 atom stereocenters. The van der Waals surface area contributed by atoms with Gasteiger partial charge in [-0.1, -0.05) is 23.8 Å². The number of hydrogen-bond donors (Lipinski definition) is 1. The van der Waals surface area contributed by atoms with Gasteiger partial charge in [0.05, 0.1) is 10.9 Å². The third-order valence-corrected chi connectivity index (χ3v) is 6.70. The van der Waals surface area contributed by atoms with Gasteiger partial charge in [0.15, 0.2) is 0 Å². The molecule has 0 radical (unpaired) electrons. The van der Waals surface area contributed by atoms with Gasteiger partial charge in [0.25, 0.3) is 5.56 Å². The van der Waals surface area contributed by atoms with Gasteiger partial charge >= 0.3 is 0 Å². The molecule has 150 valence electrons. The van der Waals surface area contributed by atoms with Crippen LogP contribution in [-0.4, -0.2) is 40.0 Å². The van der Waals surface area contributed by atoms with Crippen LogP contribution >= 0.6 is 0 Å². The molecular formula is C25H24N4O. The minimum absolute atomic E-state index is 0.0576. The van der Waals surface area contributed by atoms with Gasteiger partial charge in [-0.25, -0.2) is 0 Å². The fourth-order valence-corrected chi connectivity index (χ4v) is 5.12. The van der Waals surface area contributed by atoms with Gasteiger partial charge in [0.1, 0.15) is 0 Å². The molecular weight excluding hydrogens is 372 g/mol. The lowest BCUT2D eigenvalue weighted by molar-refractivity contribution is 0.211. The van der Waals surface area contributed by atoms with Crippen molar-refractivity contribution < 1.29 is 0 Å². The number of allylic oxidation sites excluding steroid dienone is 1. The van der Waals surface area contributed by atoms with E-state index >= 15 is 0 Å². The van der Waals surface area contributed by atoms with Crippen molar-refractivity contribution in [1.82, 2.24) is 14.9 Å². The monoisotopic (exact) mass is 396 g/mol. The van der Waals surface area contributed by atoms with Crippen LogP contribution in [0.15, 0.2) is 71.3 Å². The smallest absolute Gasteiger partial charge is 0.257 e. The summed E-state index contributed by atoms with van der Waals surface area (Å²) in [6.07, 6.45) is 8.60. The lowest BCUT2D eigenvalue weighted by atomic mass is 10.1. The number of pyridine rings is 2. The molecule has 5 nitrogen and oxygen atoms in total. The Hall–Kier alpha value is -3.18. The maximum atomic E-state index is 12.4. The number of hydrogen-bond acceptors (Lipinski definition) is 4. The van der Waals surface area contributed by atoms with Crippen LogP contribution in [0.1, 0.15) is 24.1 Å². The molecule has 1 N–H and O–H groups in total. The molecule has 0 saturated carbocycles. The molecule has 3 aliphatic rings. The van der Waals surface area contributed by atoms with Crippen LogP contribution in [0.3, 0.4) is 0 Å². The van der Waals surface area contributed by atoms with Crippen molar-refractivity contribution in [3.05, 3.63) is 88.1 Å². The molecule has 1 aromatic carbocycles. The highest BCUT2D eigenvalue weighted by Crippen LogP contribution is 2.38. The molecule has 30 heavy (non-hydrogen) atoms. The fraction of sp³-hybridized carbons (Fsp3) is 0.280. The number of nitrogens with one attached hydrogen (secondary N) is 1. The molecule has 2 bridgehead atoms. The van der Waals surface area contributed by atoms with Crippen molar-refractivity contribution in [2.24, 2.45) is 0 Å². The zero-order valence-corrected chi connectivity index (χ0v) is 17.0. The van der Waals surface area contributed by atoms with Crippen molar-refractivity contribution in [2.45, 2.75) is 31.8 Å². The second-order valence-corrected chi connectivity index (χ2v) is 8.59. The van der Waals surface area contributed by atoms with E-state index in [2.05, 4.69) is 63.1 Å². The summed E-state index contributed by atoms with van der Waals surface area (Å²) in [5, 5.41) is 0.649. The highest BCUT2D eigenvalue weighted by atomic mass is 16.1. The largest absolute Gasteiger partial charge is 0.342 e. The highest BCUT2D eigenvalue weighted by molar-refractivity contribution is 5.81. The normalized spacial score (nSPS) is 23.3. The summed E-state index contributed by atoms with van der Waals surface area (Å²) < 4.78 is 0. The molecule has 2 aliphatic heterocycles. The molecule has 0 unspecified atom stereocenters. The summed E-state index contributed by atoms with van der Waals surface area (Å²) in [4.78, 5) is 24.9. The van der Waals surface area contributed by atoms with Crippen LogP contribution in [0.2, 0.25) is 0 Å². The standard InChI is InChI=1S/C25H24N4O/c1-16-4-7-18(8-5-16)28-14-21-12-20(28)15-29(21)19-9-6-17(11-19)23-13-24-22(25(30)27-23)3-2-10-26-24/h2-5,7-8,10-13,19,21H,6,9,14-15H2,1H3,(H,27,30)/t19-,21+/m1/s1. The zero-order valence-electron chi connectivity index (χ0n) is 17.0. The third kappa shape index (κ3) is 2.81. The Morgan fingerprint density at radius 2 is 1.97 bits per heavy atom. The highest BCUT2D eigenvalue weighted by Gasteiger charge is 2.40. The third-order valence-electron chi connectivity index (χ3n) is 6.70. The van der Waals surface area contributed by atoms with E-state index in [-0.39, 0.29) is 5.56 Å². The number of aromatic amines is 1. The number of benzene rings is 1. The van der Waals surface area contributed by atoms with E-state index in [0.717, 1.165) is 37.1 Å². The molecule has 1 aliphatic carbocycles. The second kappa shape index (κ2) is 6.67. The van der Waals surface area contributed by atoms with Gasteiger partial charge in [-0.15, -0.1) is 0 Å². The Morgan fingerprint density at radius 3 is 2.77 bits per heavy atom. The summed E-state index contributed by atoms with van der Waals surface area (Å²) in [5.41, 5.74) is 6.84. The van der Waals surface area contributed by atoms with Gasteiger partial charge in [-0.2, -0.15) is 0 Å². The van der Waals surface area contributed by atoms with Gasteiger partial charge in [-0.3, -0.25) is 14.7 Å². The van der Waals surface area contributed by atoms with Gasteiger partial charge < -0.3 is 9.88 Å². The first-order valence-electron chi connectivity index (χ1n) is 10.7. The molecule has 5 heteroatoms. The van der Waals surface area contributed by atoms with Crippen molar-refractivity contribution in [2.75, 3.05) is 18.0 Å². The molecule has 4 heterocycles. The van der Waals surface area contributed by atoms with Crippen molar-refractivity contribution in [3.63, 3.8) is 0 Å². The van der Waals surface area contributed by atoms with Gasteiger partial charge in [-0.05, 0) is 61.7 Å². The van der Waals surface area contributed by atoms with Crippen LogP contribution in [0.5, 0.6) is 0 Å². The summed E-state index contributed by atoms with van der Waals surface area (Å²) in [6, 6.07) is 15.3. The number of aromatic nitrogens is 2. The summed E-state index contributed by atoms with van der Waals surface area (Å²) in [5.74, 6) is 0. The number of anilines is 1. The minimum atomic E-state index is -0.0576. The number of fused-ring (bicyclic) bond motifs is 2. The number of nitrogens with zero attached hydrogens (tertiary/aromatic N) is 3. The van der Waals surface area contributed by atoms with E-state index in [9.17, 15) is 4.79 Å². The Balaban J connectivity index is 1.22. The van der Waals surface area contributed by atoms with Crippen molar-refractivity contribution in [1.29, 1.82) is 0 Å². The average Bonchev–Trinajstić information content (AvgIpc) is 3.50. The van der Waals surface area contributed by atoms with Crippen LogP contribution < -0.4 is 10.5 Å². The SMILES string of the molecule is Cc1ccc(N2C[C@@H]3C=C2CN3[C@H]2C=C(c3cc4ncccc4c(=O)[nH]3)CC2)cc1. The first kappa shape index (κ1) is 17.7. The molecule has 3 aromatic rings. The van der Waals surface area contributed by atoms with Crippen LogP contribution in [0.25, 0.3) is 16.5 Å². The van der Waals surface area contributed by atoms with E-state index < -0.39 is 0 Å². The summed E-state index contributed by atoms with van der Waals surface area (Å²) in [7, 11) is 0. The number of aryl methyl sites for hydroxylation is 1. The first-order chi connectivity index (χ1) is 14.7. The van der Waals surface area contributed by atoms with Crippen molar-refractivity contribution >= 4 is 22.2 Å². The molecule has 0 fully saturated rings. The summed E-state index contributed by atoms with van der Waals surface area (Å²) >= 11 is 0. The zero-order chi connectivity index (χ0) is 20.2. The average molecular weight is 396 g/mol. The Kier molecular flexibility index (Phi) is 3.93. The topological polar surface area (TPSA) is 52.2 Å². The Bertz CT molecular complexity index is 1250. The maximum absolute atomic E-state index is 12.4. The van der Waals surface area contributed by atoms with E-state index in [4.69, 9.17) is 0 Å². The quantitative estimate of drug-likeness (QED) is 0.730. The van der Waals surface area contributed by atoms with Crippen molar-refractivity contribution in [3.8, 4) is 0 Å². The minimum Gasteiger partial charge on any atom is -0.342 e. The Labute approximate surface area is 175 Å². The van der Waals surface area contributed by atoms with E-state index in [1.165, 1.54) is 22.5 Å². The van der Waals surface area contributed by atoms with Crippen LogP contribution in [-0.2, 0) is 0 Å². The van der Waals surface area contributed by atoms with Gasteiger partial charge in [0, 0.05) is 48.4 Å². The lowest BCUT2D eigenvalue weighted by Crippen LogP contribution is -2.47. The number of piperazine rings is 1. The molecule has 2 aromatic heterocycles. The molecule has 0 amide bonds. The maximum Gasteiger partial charge on any atom is 0.257 e. The number of H-pyrrole nitrogens is 1. The van der Waals surface area contributed by atoms with E-state index in [1.807, 2.05) is 12.1 Å². The van der Waals surface area contributed by atoms with Crippen LogP contribution in [0, 0.1) is 6.92 Å². The predicted octanol–water partition coefficient (Wildman–Crippen LogP) is 3.87. The molecule has 6 rings (SSSR count). The lowest BCUT2D eigenvalue weighted by Gasteiger charge is -2.38. The first-order valence-corrected chi connectivity index (χ1v) is 10.7. The van der Waals surface area contributed by atoms with Crippen LogP contribution in [0.4, 0.5) is 5.69 Å². The van der Waals surface area contributed by atoms with E-state index in [0.29, 0.717) is 17.5 Å². The van der Waals surface area contributed by atoms with Gasteiger partial charge in [0.2, 0.25) is 0 Å². The molecule has 0 spiro atoms.